The van der Waals surface area contributed by atoms with Crippen molar-refractivity contribution >= 4 is 5.91 Å². The van der Waals surface area contributed by atoms with Gasteiger partial charge in [-0.1, -0.05) is 185 Å². The lowest BCUT2D eigenvalue weighted by molar-refractivity contribution is -0.131. The third-order valence-corrected chi connectivity index (χ3v) is 8.81. The highest BCUT2D eigenvalue weighted by Gasteiger charge is 2.22. The maximum absolute atomic E-state index is 12.4. The molecule has 3 atom stereocenters. The van der Waals surface area contributed by atoms with E-state index in [0.717, 1.165) is 44.9 Å². The average Bonchev–Trinajstić information content (AvgIpc) is 3.04. The van der Waals surface area contributed by atoms with Gasteiger partial charge >= 0.3 is 0 Å². The minimum absolute atomic E-state index is 0.381. The number of carbonyl (C=O) groups is 1. The molecule has 0 aromatic rings. The molecule has 1 amide bonds. The summed E-state index contributed by atoms with van der Waals surface area (Å²) in [5, 5.41) is 32.8. The molecule has 3 unspecified atom stereocenters. The molecule has 264 valence electrons. The monoisotopic (exact) mass is 634 g/mol. The van der Waals surface area contributed by atoms with Crippen LogP contribution in [0.4, 0.5) is 0 Å². The van der Waals surface area contributed by atoms with E-state index in [1.165, 1.54) is 122 Å². The summed E-state index contributed by atoms with van der Waals surface area (Å²) < 4.78 is 0. The molecule has 0 aromatic carbocycles. The summed E-state index contributed by atoms with van der Waals surface area (Å²) >= 11 is 0. The Bertz CT molecular complexity index is 704. The van der Waals surface area contributed by atoms with Crippen LogP contribution in [0, 0.1) is 0 Å². The summed E-state index contributed by atoms with van der Waals surface area (Å²) in [7, 11) is 0. The minimum atomic E-state index is -1.10. The third-order valence-electron chi connectivity index (χ3n) is 8.81. The van der Waals surface area contributed by atoms with Gasteiger partial charge < -0.3 is 20.6 Å². The number of rotatable bonds is 34. The second kappa shape index (κ2) is 35.4. The lowest BCUT2D eigenvalue weighted by Crippen LogP contribution is -2.48. The van der Waals surface area contributed by atoms with E-state index in [2.05, 4.69) is 36.5 Å². The van der Waals surface area contributed by atoms with Crippen LogP contribution in [0.1, 0.15) is 187 Å². The molecule has 0 saturated carbocycles. The van der Waals surface area contributed by atoms with Gasteiger partial charge in [-0.15, -0.1) is 0 Å². The Labute approximate surface area is 279 Å². The Morgan fingerprint density at radius 2 is 0.956 bits per heavy atom. The van der Waals surface area contributed by atoms with Gasteiger partial charge in [0, 0.05) is 0 Å². The van der Waals surface area contributed by atoms with Crippen molar-refractivity contribution in [3.8, 4) is 0 Å². The zero-order valence-electron chi connectivity index (χ0n) is 29.7. The average molecular weight is 634 g/mol. The van der Waals surface area contributed by atoms with Crippen LogP contribution in [0.5, 0.6) is 0 Å². The fourth-order valence-corrected chi connectivity index (χ4v) is 5.75. The van der Waals surface area contributed by atoms with E-state index in [-0.39, 0.29) is 6.61 Å². The fraction of sp³-hybridized carbons (Fsp3) is 0.825. The maximum atomic E-state index is 12.4. The van der Waals surface area contributed by atoms with Crippen LogP contribution in [-0.2, 0) is 4.79 Å². The lowest BCUT2D eigenvalue weighted by atomic mass is 10.0. The molecule has 0 spiro atoms. The predicted octanol–water partition coefficient (Wildman–Crippen LogP) is 10.4. The van der Waals surface area contributed by atoms with Crippen molar-refractivity contribution in [1.29, 1.82) is 0 Å². The van der Waals surface area contributed by atoms with Crippen molar-refractivity contribution in [2.45, 2.75) is 205 Å². The smallest absolute Gasteiger partial charge is 0.249 e. The number of unbranched alkanes of at least 4 members (excludes halogenated alkanes) is 23. The number of amides is 1. The summed E-state index contributed by atoms with van der Waals surface area (Å²) in [5.74, 6) is -0.519. The molecular weight excluding hydrogens is 558 g/mol. The summed E-state index contributed by atoms with van der Waals surface area (Å²) in [4.78, 5) is 12.4. The summed E-state index contributed by atoms with van der Waals surface area (Å²) in [5.41, 5.74) is 0. The Kier molecular flexibility index (Phi) is 34.3. The minimum Gasteiger partial charge on any atom is -0.394 e. The molecule has 0 aliphatic carbocycles. The topological polar surface area (TPSA) is 89.8 Å². The number of allylic oxidation sites excluding steroid dienone is 5. The fourth-order valence-electron chi connectivity index (χ4n) is 5.75. The number of aliphatic hydroxyl groups is 3. The van der Waals surface area contributed by atoms with Gasteiger partial charge in [0.2, 0.25) is 5.91 Å². The molecule has 45 heavy (non-hydrogen) atoms. The van der Waals surface area contributed by atoms with Crippen LogP contribution in [0.2, 0.25) is 0 Å². The van der Waals surface area contributed by atoms with Crippen molar-refractivity contribution in [3.05, 3.63) is 36.5 Å². The maximum Gasteiger partial charge on any atom is 0.249 e. The van der Waals surface area contributed by atoms with Crippen molar-refractivity contribution < 1.29 is 20.1 Å². The number of nitrogens with one attached hydrogen (secondary N) is 1. The number of aliphatic hydroxyl groups excluding tert-OH is 3. The van der Waals surface area contributed by atoms with Gasteiger partial charge in [-0.05, 0) is 39.0 Å². The van der Waals surface area contributed by atoms with Crippen molar-refractivity contribution in [1.82, 2.24) is 5.32 Å². The molecule has 0 saturated heterocycles. The zero-order valence-corrected chi connectivity index (χ0v) is 29.7. The Hall–Kier alpha value is -1.43. The van der Waals surface area contributed by atoms with Crippen LogP contribution in [0.15, 0.2) is 36.5 Å². The van der Waals surface area contributed by atoms with Crippen LogP contribution in [-0.4, -0.2) is 46.1 Å². The van der Waals surface area contributed by atoms with Crippen molar-refractivity contribution in [3.63, 3.8) is 0 Å². The van der Waals surface area contributed by atoms with E-state index in [4.69, 9.17) is 0 Å². The van der Waals surface area contributed by atoms with Gasteiger partial charge in [0.15, 0.2) is 0 Å². The third kappa shape index (κ3) is 31.0. The van der Waals surface area contributed by atoms with Gasteiger partial charge in [-0.25, -0.2) is 0 Å². The van der Waals surface area contributed by atoms with E-state index < -0.39 is 24.2 Å². The molecule has 4 N–H and O–H groups in total. The number of carbonyl (C=O) groups excluding carboxylic acids is 1. The Morgan fingerprint density at radius 3 is 1.36 bits per heavy atom. The molecule has 0 aliphatic heterocycles. The highest BCUT2D eigenvalue weighted by molar-refractivity contribution is 5.80. The van der Waals surface area contributed by atoms with E-state index in [9.17, 15) is 20.1 Å². The molecule has 0 bridgehead atoms. The predicted molar refractivity (Wildman–Crippen MR) is 194 cm³/mol. The molecule has 5 nitrogen and oxygen atoms in total. The summed E-state index contributed by atoms with van der Waals surface area (Å²) in [6.45, 7) is 3.93. The highest BCUT2D eigenvalue weighted by atomic mass is 16.3. The summed E-state index contributed by atoms with van der Waals surface area (Å²) in [6, 6.07) is -0.815. The molecule has 0 aromatic heterocycles. The second-order valence-electron chi connectivity index (χ2n) is 13.1. The Balaban J connectivity index is 3.61. The molecule has 0 aliphatic rings. The normalized spacial score (nSPS) is 14.2. The van der Waals surface area contributed by atoms with Gasteiger partial charge in [-0.2, -0.15) is 0 Å². The molecule has 0 rings (SSSR count). The molecule has 0 heterocycles. The first-order valence-corrected chi connectivity index (χ1v) is 19.3. The van der Waals surface area contributed by atoms with Crippen molar-refractivity contribution in [2.75, 3.05) is 6.61 Å². The first-order valence-electron chi connectivity index (χ1n) is 19.3. The zero-order chi connectivity index (χ0) is 33.1. The van der Waals surface area contributed by atoms with Gasteiger partial charge in [0.05, 0.1) is 18.8 Å². The van der Waals surface area contributed by atoms with Crippen molar-refractivity contribution in [2.24, 2.45) is 0 Å². The largest absolute Gasteiger partial charge is 0.394 e. The molecule has 0 radical (unpaired) electrons. The number of hydrogen-bond donors (Lipinski definition) is 4. The first kappa shape index (κ1) is 43.6. The highest BCUT2D eigenvalue weighted by Crippen LogP contribution is 2.16. The van der Waals surface area contributed by atoms with E-state index in [1.807, 2.05) is 13.0 Å². The van der Waals surface area contributed by atoms with E-state index >= 15 is 0 Å². The quantitative estimate of drug-likeness (QED) is 0.0419. The van der Waals surface area contributed by atoms with Crippen LogP contribution < -0.4 is 5.32 Å². The van der Waals surface area contributed by atoms with E-state index in [0.29, 0.717) is 6.42 Å². The first-order chi connectivity index (χ1) is 22.1. The number of hydrogen-bond acceptors (Lipinski definition) is 4. The van der Waals surface area contributed by atoms with Gasteiger partial charge in [0.1, 0.15) is 6.10 Å². The van der Waals surface area contributed by atoms with Gasteiger partial charge in [-0.3, -0.25) is 4.79 Å². The van der Waals surface area contributed by atoms with Gasteiger partial charge in [0.25, 0.3) is 0 Å². The van der Waals surface area contributed by atoms with E-state index in [1.54, 1.807) is 6.08 Å². The SMILES string of the molecule is C/C=C/CC/C=C/CC/C=C/C(O)C(CO)NC(=O)C(O)CCCCCCCCCCCCCCCCCCCCCCCC. The lowest BCUT2D eigenvalue weighted by Gasteiger charge is -2.21. The summed E-state index contributed by atoms with van der Waals surface area (Å²) in [6.07, 6.45) is 43.4. The van der Waals surface area contributed by atoms with Crippen LogP contribution >= 0.6 is 0 Å². The molecule has 5 heteroatoms. The van der Waals surface area contributed by atoms with Crippen LogP contribution in [0.25, 0.3) is 0 Å². The molecule has 0 fully saturated rings. The molecular formula is C40H75NO4. The Morgan fingerprint density at radius 1 is 0.578 bits per heavy atom. The second-order valence-corrected chi connectivity index (χ2v) is 13.1. The van der Waals surface area contributed by atoms with Crippen LogP contribution in [0.3, 0.4) is 0 Å². The standard InChI is InChI=1S/C40H75NO4/c1-3-5-7-9-11-13-14-15-16-17-18-19-20-21-22-23-24-25-27-29-31-33-35-39(44)40(45)41-37(36-42)38(43)34-32-30-28-26-12-10-8-6-4-2/h4,6,12,26,32,34,37-39,42-44H,3,5,7-11,13-25,27-31,33,35-36H2,1-2H3,(H,41,45)/b6-4+,26-12+,34-32+.